The SMILES string of the molecule is Cc1cccc(C2NCCc3cc(OCc4ccccc4)ccc32)c1. The maximum atomic E-state index is 6.00. The van der Waals surface area contributed by atoms with Crippen LogP contribution in [0.25, 0.3) is 0 Å². The molecule has 0 aromatic heterocycles. The Labute approximate surface area is 149 Å². The lowest BCUT2D eigenvalue weighted by Crippen LogP contribution is -2.30. The number of hydrogen-bond donors (Lipinski definition) is 1. The van der Waals surface area contributed by atoms with Gasteiger partial charge in [-0.1, -0.05) is 66.2 Å². The molecule has 0 aliphatic carbocycles. The van der Waals surface area contributed by atoms with Crippen LogP contribution >= 0.6 is 0 Å². The van der Waals surface area contributed by atoms with Crippen LogP contribution in [-0.4, -0.2) is 6.54 Å². The molecule has 2 heteroatoms. The van der Waals surface area contributed by atoms with Crippen LogP contribution in [0.1, 0.15) is 33.9 Å². The Morgan fingerprint density at radius 3 is 2.68 bits per heavy atom. The summed E-state index contributed by atoms with van der Waals surface area (Å²) in [6.45, 7) is 3.75. The number of aryl methyl sites for hydroxylation is 1. The molecule has 1 atom stereocenters. The van der Waals surface area contributed by atoms with Crippen molar-refractivity contribution < 1.29 is 4.74 Å². The highest BCUT2D eigenvalue weighted by atomic mass is 16.5. The fraction of sp³-hybridized carbons (Fsp3) is 0.217. The minimum absolute atomic E-state index is 0.270. The molecule has 2 nitrogen and oxygen atoms in total. The molecule has 0 saturated heterocycles. The smallest absolute Gasteiger partial charge is 0.120 e. The summed E-state index contributed by atoms with van der Waals surface area (Å²) in [6, 6.07) is 25.9. The van der Waals surface area contributed by atoms with Gasteiger partial charge in [0.25, 0.3) is 0 Å². The summed E-state index contributed by atoms with van der Waals surface area (Å²) >= 11 is 0. The van der Waals surface area contributed by atoms with E-state index in [2.05, 4.69) is 66.8 Å². The molecule has 25 heavy (non-hydrogen) atoms. The van der Waals surface area contributed by atoms with Crippen LogP contribution in [0.3, 0.4) is 0 Å². The van der Waals surface area contributed by atoms with E-state index in [-0.39, 0.29) is 6.04 Å². The van der Waals surface area contributed by atoms with E-state index in [1.54, 1.807) is 0 Å². The first-order chi connectivity index (χ1) is 12.3. The number of nitrogens with one attached hydrogen (secondary N) is 1. The second kappa shape index (κ2) is 7.12. The minimum Gasteiger partial charge on any atom is -0.489 e. The van der Waals surface area contributed by atoms with Crippen LogP contribution in [0, 0.1) is 6.92 Å². The lowest BCUT2D eigenvalue weighted by atomic mass is 9.89. The monoisotopic (exact) mass is 329 g/mol. The van der Waals surface area contributed by atoms with Gasteiger partial charge in [-0.25, -0.2) is 0 Å². The first-order valence-corrected chi connectivity index (χ1v) is 8.89. The van der Waals surface area contributed by atoms with E-state index in [9.17, 15) is 0 Å². The summed E-state index contributed by atoms with van der Waals surface area (Å²) < 4.78 is 6.00. The van der Waals surface area contributed by atoms with Crippen molar-refractivity contribution in [3.63, 3.8) is 0 Å². The molecule has 1 N–H and O–H groups in total. The molecular formula is C23H23NO. The normalized spacial score (nSPS) is 16.3. The number of benzene rings is 3. The highest BCUT2D eigenvalue weighted by Crippen LogP contribution is 2.31. The molecule has 0 bridgehead atoms. The van der Waals surface area contributed by atoms with Gasteiger partial charge in [-0.3, -0.25) is 0 Å². The molecular weight excluding hydrogens is 306 g/mol. The lowest BCUT2D eigenvalue weighted by molar-refractivity contribution is 0.305. The molecule has 0 amide bonds. The number of rotatable bonds is 4. The van der Waals surface area contributed by atoms with Gasteiger partial charge >= 0.3 is 0 Å². The first kappa shape index (κ1) is 15.9. The van der Waals surface area contributed by atoms with E-state index in [1.807, 2.05) is 18.2 Å². The standard InChI is InChI=1S/C23H23NO/c1-17-6-5-9-20(14-17)23-22-11-10-21(15-19(22)12-13-24-23)25-16-18-7-3-2-4-8-18/h2-11,14-15,23-24H,12-13,16H2,1H3. The second-order valence-corrected chi connectivity index (χ2v) is 6.69. The molecule has 1 unspecified atom stereocenters. The Kier molecular flexibility index (Phi) is 4.53. The Balaban J connectivity index is 1.56. The van der Waals surface area contributed by atoms with E-state index >= 15 is 0 Å². The van der Waals surface area contributed by atoms with E-state index in [0.717, 1.165) is 18.7 Å². The van der Waals surface area contributed by atoms with Gasteiger partial charge in [-0.15, -0.1) is 0 Å². The van der Waals surface area contributed by atoms with Gasteiger partial charge in [0.05, 0.1) is 6.04 Å². The second-order valence-electron chi connectivity index (χ2n) is 6.69. The zero-order valence-electron chi connectivity index (χ0n) is 14.5. The summed E-state index contributed by atoms with van der Waals surface area (Å²) in [4.78, 5) is 0. The topological polar surface area (TPSA) is 21.3 Å². The highest BCUT2D eigenvalue weighted by Gasteiger charge is 2.21. The van der Waals surface area contributed by atoms with Gasteiger partial charge in [0.2, 0.25) is 0 Å². The van der Waals surface area contributed by atoms with Crippen molar-refractivity contribution in [3.8, 4) is 5.75 Å². The summed E-state index contributed by atoms with van der Waals surface area (Å²) in [5.41, 5.74) is 6.58. The molecule has 0 saturated carbocycles. The van der Waals surface area contributed by atoms with Gasteiger partial charge in [-0.05, 0) is 47.7 Å². The molecule has 0 radical (unpaired) electrons. The number of ether oxygens (including phenoxy) is 1. The van der Waals surface area contributed by atoms with Crippen LogP contribution in [0.2, 0.25) is 0 Å². The van der Waals surface area contributed by atoms with Gasteiger partial charge < -0.3 is 10.1 Å². The maximum Gasteiger partial charge on any atom is 0.120 e. The third kappa shape index (κ3) is 3.59. The van der Waals surface area contributed by atoms with Crippen LogP contribution < -0.4 is 10.1 Å². The average molecular weight is 329 g/mol. The Morgan fingerprint density at radius 1 is 0.960 bits per heavy atom. The Bertz CT molecular complexity index is 857. The number of fused-ring (bicyclic) bond motifs is 1. The van der Waals surface area contributed by atoms with E-state index in [1.165, 1.54) is 27.8 Å². The molecule has 1 heterocycles. The fourth-order valence-corrected chi connectivity index (χ4v) is 3.52. The minimum atomic E-state index is 0.270. The zero-order chi connectivity index (χ0) is 17.1. The third-order valence-electron chi connectivity index (χ3n) is 4.79. The summed E-state index contributed by atoms with van der Waals surface area (Å²) in [6.07, 6.45) is 1.04. The summed E-state index contributed by atoms with van der Waals surface area (Å²) in [7, 11) is 0. The molecule has 1 aliphatic rings. The van der Waals surface area contributed by atoms with Crippen LogP contribution in [0.4, 0.5) is 0 Å². The van der Waals surface area contributed by atoms with E-state index in [0.29, 0.717) is 6.61 Å². The van der Waals surface area contributed by atoms with Crippen molar-refractivity contribution in [1.29, 1.82) is 0 Å². The molecule has 0 spiro atoms. The van der Waals surface area contributed by atoms with Crippen LogP contribution in [0.15, 0.2) is 72.8 Å². The average Bonchev–Trinajstić information content (AvgIpc) is 2.66. The summed E-state index contributed by atoms with van der Waals surface area (Å²) in [5, 5.41) is 3.66. The first-order valence-electron chi connectivity index (χ1n) is 8.89. The van der Waals surface area contributed by atoms with E-state index in [4.69, 9.17) is 4.74 Å². The largest absolute Gasteiger partial charge is 0.489 e. The van der Waals surface area contributed by atoms with Gasteiger partial charge in [0.1, 0.15) is 12.4 Å². The molecule has 1 aliphatic heterocycles. The quantitative estimate of drug-likeness (QED) is 0.742. The van der Waals surface area contributed by atoms with Crippen LogP contribution in [-0.2, 0) is 13.0 Å². The van der Waals surface area contributed by atoms with Crippen molar-refractivity contribution in [2.24, 2.45) is 0 Å². The van der Waals surface area contributed by atoms with Crippen molar-refractivity contribution in [2.45, 2.75) is 26.0 Å². The van der Waals surface area contributed by atoms with Gasteiger partial charge in [-0.2, -0.15) is 0 Å². The van der Waals surface area contributed by atoms with Crippen LogP contribution in [0.5, 0.6) is 5.75 Å². The van der Waals surface area contributed by atoms with Crippen molar-refractivity contribution in [2.75, 3.05) is 6.54 Å². The zero-order valence-corrected chi connectivity index (χ0v) is 14.5. The predicted octanol–water partition coefficient (Wildman–Crippen LogP) is 4.81. The van der Waals surface area contributed by atoms with Crippen molar-refractivity contribution in [1.82, 2.24) is 5.32 Å². The fourth-order valence-electron chi connectivity index (χ4n) is 3.52. The predicted molar refractivity (Wildman–Crippen MR) is 102 cm³/mol. The van der Waals surface area contributed by atoms with Crippen molar-refractivity contribution in [3.05, 3.63) is 101 Å². The molecule has 0 fully saturated rings. The van der Waals surface area contributed by atoms with Gasteiger partial charge in [0, 0.05) is 6.54 Å². The van der Waals surface area contributed by atoms with Crippen molar-refractivity contribution >= 4 is 0 Å². The molecule has 4 rings (SSSR count). The maximum absolute atomic E-state index is 6.00. The molecule has 126 valence electrons. The Hall–Kier alpha value is -2.58. The molecule has 3 aromatic rings. The molecule has 3 aromatic carbocycles. The Morgan fingerprint density at radius 2 is 1.84 bits per heavy atom. The van der Waals surface area contributed by atoms with E-state index < -0.39 is 0 Å². The lowest BCUT2D eigenvalue weighted by Gasteiger charge is -2.28. The third-order valence-corrected chi connectivity index (χ3v) is 4.79. The summed E-state index contributed by atoms with van der Waals surface area (Å²) in [5.74, 6) is 0.951. The highest BCUT2D eigenvalue weighted by molar-refractivity contribution is 5.44. The number of hydrogen-bond acceptors (Lipinski definition) is 2. The van der Waals surface area contributed by atoms with Gasteiger partial charge in [0.15, 0.2) is 0 Å².